The minimum Gasteiger partial charge on any atom is -0.410 e. The number of benzene rings is 2. The molecule has 3 fully saturated rings. The molecule has 3 aliphatic rings. The van der Waals surface area contributed by atoms with Crippen molar-refractivity contribution in [3.05, 3.63) is 64.9 Å². The predicted molar refractivity (Wildman–Crippen MR) is 152 cm³/mol. The number of piperidine rings is 1. The SMILES string of the molecule is CCN(C(=O)Oc1ccc(F)cc1)[C@]1(C(=O)C2CCN(C(=O)C3CCOCC3)CC2)CNC[C@H]1c1ccc(Cl)cc1. The molecule has 2 aromatic carbocycles. The molecule has 0 spiro atoms. The smallest absolute Gasteiger partial charge is 0.410 e. The van der Waals surface area contributed by atoms with Gasteiger partial charge in [0.15, 0.2) is 5.78 Å². The number of nitrogens with one attached hydrogen (secondary N) is 1. The largest absolute Gasteiger partial charge is 0.416 e. The summed E-state index contributed by atoms with van der Waals surface area (Å²) in [5.74, 6) is -0.801. The predicted octanol–water partition coefficient (Wildman–Crippen LogP) is 4.66. The lowest BCUT2D eigenvalue weighted by atomic mass is 9.71. The van der Waals surface area contributed by atoms with E-state index in [4.69, 9.17) is 21.1 Å². The number of ketones is 1. The van der Waals surface area contributed by atoms with Gasteiger partial charge in [-0.2, -0.15) is 0 Å². The standard InChI is InChI=1S/C31H37ClFN3O5/c1-2-36(30(39)41-26-9-7-25(33)8-10-26)31(20-34-19-27(31)21-3-5-24(32)6-4-21)28(37)22-11-15-35(16-12-22)29(38)23-13-17-40-18-14-23/h3-10,22-23,27,34H,2,11-20H2,1H3/t27-,31+/m0/s1. The maximum absolute atomic E-state index is 14.7. The molecule has 0 bridgehead atoms. The van der Waals surface area contributed by atoms with Crippen LogP contribution in [0.1, 0.15) is 44.1 Å². The van der Waals surface area contributed by atoms with Gasteiger partial charge in [-0.3, -0.25) is 14.5 Å². The number of carbonyl (C=O) groups is 3. The van der Waals surface area contributed by atoms with E-state index >= 15 is 0 Å². The molecule has 3 aliphatic heterocycles. The first kappa shape index (κ1) is 29.5. The number of Topliss-reactive ketones (excluding diaryl/α,β-unsaturated/α-hetero) is 1. The zero-order chi connectivity index (χ0) is 29.0. The van der Waals surface area contributed by atoms with Crippen molar-refractivity contribution in [1.29, 1.82) is 0 Å². The Kier molecular flexibility index (Phi) is 9.26. The number of amides is 2. The number of rotatable bonds is 7. The molecule has 8 nitrogen and oxygen atoms in total. The molecule has 5 rings (SSSR count). The van der Waals surface area contributed by atoms with Crippen LogP contribution in [0, 0.1) is 17.7 Å². The number of likely N-dealkylation sites (tertiary alicyclic amines) is 1. The Morgan fingerprint density at radius 2 is 1.68 bits per heavy atom. The van der Waals surface area contributed by atoms with E-state index in [2.05, 4.69) is 5.32 Å². The van der Waals surface area contributed by atoms with Crippen LogP contribution in [0.5, 0.6) is 5.75 Å². The second-order valence-corrected chi connectivity index (χ2v) is 11.5. The fourth-order valence-electron chi connectivity index (χ4n) is 6.61. The molecule has 3 saturated heterocycles. The van der Waals surface area contributed by atoms with Gasteiger partial charge >= 0.3 is 6.09 Å². The van der Waals surface area contributed by atoms with Gasteiger partial charge in [0.1, 0.15) is 17.1 Å². The van der Waals surface area contributed by atoms with E-state index in [1.807, 2.05) is 24.0 Å². The van der Waals surface area contributed by atoms with Crippen molar-refractivity contribution in [2.75, 3.05) is 45.9 Å². The average Bonchev–Trinajstić information content (AvgIpc) is 3.44. The summed E-state index contributed by atoms with van der Waals surface area (Å²) in [6, 6.07) is 12.6. The van der Waals surface area contributed by atoms with E-state index in [0.717, 1.165) is 18.4 Å². The molecule has 0 radical (unpaired) electrons. The Morgan fingerprint density at radius 1 is 1.02 bits per heavy atom. The second-order valence-electron chi connectivity index (χ2n) is 11.1. The summed E-state index contributed by atoms with van der Waals surface area (Å²) < 4.78 is 24.6. The molecule has 220 valence electrons. The highest BCUT2D eigenvalue weighted by atomic mass is 35.5. The highest BCUT2D eigenvalue weighted by Crippen LogP contribution is 2.42. The van der Waals surface area contributed by atoms with Crippen LogP contribution in [0.15, 0.2) is 48.5 Å². The van der Waals surface area contributed by atoms with Gasteiger partial charge in [0, 0.05) is 68.7 Å². The maximum atomic E-state index is 14.7. The molecule has 0 aromatic heterocycles. The zero-order valence-corrected chi connectivity index (χ0v) is 24.1. The highest BCUT2D eigenvalue weighted by molar-refractivity contribution is 6.30. The molecule has 2 aromatic rings. The van der Waals surface area contributed by atoms with Gasteiger partial charge in [0.2, 0.25) is 5.91 Å². The summed E-state index contributed by atoms with van der Waals surface area (Å²) in [5.41, 5.74) is -0.315. The number of carbonyl (C=O) groups excluding carboxylic acids is 3. The Labute approximate surface area is 245 Å². The van der Waals surface area contributed by atoms with Crippen molar-refractivity contribution in [3.63, 3.8) is 0 Å². The third kappa shape index (κ3) is 6.12. The van der Waals surface area contributed by atoms with Crippen molar-refractivity contribution in [1.82, 2.24) is 15.1 Å². The van der Waals surface area contributed by atoms with E-state index in [1.165, 1.54) is 29.2 Å². The van der Waals surface area contributed by atoms with E-state index in [0.29, 0.717) is 50.7 Å². The molecule has 3 heterocycles. The van der Waals surface area contributed by atoms with Crippen molar-refractivity contribution in [2.24, 2.45) is 11.8 Å². The first-order chi connectivity index (χ1) is 19.8. The molecular formula is C31H37ClFN3O5. The lowest BCUT2D eigenvalue weighted by Crippen LogP contribution is -2.64. The summed E-state index contributed by atoms with van der Waals surface area (Å²) in [5, 5.41) is 3.96. The third-order valence-electron chi connectivity index (χ3n) is 8.80. The van der Waals surface area contributed by atoms with Gasteiger partial charge in [-0.05, 0) is 74.6 Å². The quantitative estimate of drug-likeness (QED) is 0.509. The topological polar surface area (TPSA) is 88.2 Å². The monoisotopic (exact) mass is 585 g/mol. The van der Waals surface area contributed by atoms with Crippen LogP contribution < -0.4 is 10.1 Å². The Morgan fingerprint density at radius 3 is 2.32 bits per heavy atom. The fraction of sp³-hybridized carbons (Fsp3) is 0.516. The fourth-order valence-corrected chi connectivity index (χ4v) is 6.74. The van der Waals surface area contributed by atoms with Crippen LogP contribution >= 0.6 is 11.6 Å². The summed E-state index contributed by atoms with van der Waals surface area (Å²) in [4.78, 5) is 44.9. The summed E-state index contributed by atoms with van der Waals surface area (Å²) in [6.45, 7) is 5.05. The molecule has 10 heteroatoms. The van der Waals surface area contributed by atoms with Crippen LogP contribution in [-0.4, -0.2) is 79.1 Å². The van der Waals surface area contributed by atoms with Crippen molar-refractivity contribution >= 4 is 29.4 Å². The van der Waals surface area contributed by atoms with Crippen molar-refractivity contribution in [2.45, 2.75) is 44.1 Å². The maximum Gasteiger partial charge on any atom is 0.416 e. The molecular weight excluding hydrogens is 549 g/mol. The minimum absolute atomic E-state index is 0.0209. The number of likely N-dealkylation sites (N-methyl/N-ethyl adjacent to an activating group) is 1. The van der Waals surface area contributed by atoms with E-state index in [-0.39, 0.29) is 48.3 Å². The normalized spacial score (nSPS) is 23.8. The van der Waals surface area contributed by atoms with Gasteiger partial charge in [0.05, 0.1) is 0 Å². The summed E-state index contributed by atoms with van der Waals surface area (Å²) in [7, 11) is 0. The molecule has 0 saturated carbocycles. The number of nitrogens with zero attached hydrogens (tertiary/aromatic N) is 2. The Bertz CT molecular complexity index is 1230. The number of halogens is 2. The van der Waals surface area contributed by atoms with E-state index < -0.39 is 17.4 Å². The van der Waals surface area contributed by atoms with E-state index in [9.17, 15) is 18.8 Å². The lowest BCUT2D eigenvalue weighted by Gasteiger charge is -2.45. The lowest BCUT2D eigenvalue weighted by molar-refractivity contribution is -0.143. The van der Waals surface area contributed by atoms with Gasteiger partial charge in [-0.25, -0.2) is 9.18 Å². The molecule has 2 amide bonds. The van der Waals surface area contributed by atoms with Crippen LogP contribution in [0.25, 0.3) is 0 Å². The molecule has 0 aliphatic carbocycles. The third-order valence-corrected chi connectivity index (χ3v) is 9.06. The van der Waals surface area contributed by atoms with Crippen LogP contribution in [0.2, 0.25) is 5.02 Å². The zero-order valence-electron chi connectivity index (χ0n) is 23.3. The van der Waals surface area contributed by atoms with Gasteiger partial charge in [-0.15, -0.1) is 0 Å². The Balaban J connectivity index is 1.41. The van der Waals surface area contributed by atoms with Gasteiger partial charge in [0.25, 0.3) is 0 Å². The van der Waals surface area contributed by atoms with Gasteiger partial charge < -0.3 is 19.7 Å². The molecule has 2 atom stereocenters. The van der Waals surface area contributed by atoms with Crippen LogP contribution in [-0.2, 0) is 14.3 Å². The first-order valence-electron chi connectivity index (χ1n) is 14.5. The summed E-state index contributed by atoms with van der Waals surface area (Å²) in [6.07, 6.45) is 1.87. The molecule has 0 unspecified atom stereocenters. The van der Waals surface area contributed by atoms with Crippen LogP contribution in [0.3, 0.4) is 0 Å². The summed E-state index contributed by atoms with van der Waals surface area (Å²) >= 11 is 6.18. The molecule has 1 N–H and O–H groups in total. The number of hydrogen-bond acceptors (Lipinski definition) is 6. The number of hydrogen-bond donors (Lipinski definition) is 1. The van der Waals surface area contributed by atoms with Crippen molar-refractivity contribution in [3.8, 4) is 5.75 Å². The first-order valence-corrected chi connectivity index (χ1v) is 14.8. The number of ether oxygens (including phenoxy) is 2. The highest BCUT2D eigenvalue weighted by Gasteiger charge is 2.57. The van der Waals surface area contributed by atoms with Crippen molar-refractivity contribution < 1.29 is 28.2 Å². The van der Waals surface area contributed by atoms with Crippen LogP contribution in [0.4, 0.5) is 9.18 Å². The Hall–Kier alpha value is -3.01. The molecule has 41 heavy (non-hydrogen) atoms. The second kappa shape index (κ2) is 12.9. The van der Waals surface area contributed by atoms with Gasteiger partial charge in [-0.1, -0.05) is 23.7 Å². The van der Waals surface area contributed by atoms with E-state index in [1.54, 1.807) is 12.1 Å². The average molecular weight is 586 g/mol. The minimum atomic E-state index is -1.21.